The van der Waals surface area contributed by atoms with E-state index in [4.69, 9.17) is 5.26 Å². The molecule has 2 nitrogen and oxygen atoms in total. The number of benzene rings is 1. The fourth-order valence-corrected chi connectivity index (χ4v) is 1.99. The lowest BCUT2D eigenvalue weighted by molar-refractivity contribution is 0.311. The molecular weight excluding hydrogens is 215 g/mol. The second-order valence-corrected chi connectivity index (χ2v) is 4.26. The number of piperidine rings is 1. The number of halogens is 1. The Kier molecular flexibility index (Phi) is 3.77. The minimum atomic E-state index is -0.456. The molecule has 0 radical (unpaired) electrons. The number of nitriles is 1. The van der Waals surface area contributed by atoms with E-state index >= 15 is 0 Å². The topological polar surface area (TPSA) is 27.0 Å². The van der Waals surface area contributed by atoms with Gasteiger partial charge in [-0.2, -0.15) is 5.26 Å². The highest BCUT2D eigenvalue weighted by atomic mass is 19.1. The summed E-state index contributed by atoms with van der Waals surface area (Å²) in [5, 5.41) is 8.74. The second kappa shape index (κ2) is 5.49. The van der Waals surface area contributed by atoms with Gasteiger partial charge in [0.05, 0.1) is 5.56 Å². The van der Waals surface area contributed by atoms with Crippen molar-refractivity contribution in [3.63, 3.8) is 0 Å². The highest BCUT2D eigenvalue weighted by molar-refractivity contribution is 5.52. The predicted molar refractivity (Wildman–Crippen MR) is 65.6 cm³/mol. The summed E-state index contributed by atoms with van der Waals surface area (Å²) in [5.41, 5.74) is 0.972. The van der Waals surface area contributed by atoms with Crippen molar-refractivity contribution >= 4 is 6.08 Å². The van der Waals surface area contributed by atoms with E-state index in [1.165, 1.54) is 25.3 Å². The summed E-state index contributed by atoms with van der Waals surface area (Å²) in [4.78, 5) is 2.26. The summed E-state index contributed by atoms with van der Waals surface area (Å²) in [5.74, 6) is -0.456. The first-order chi connectivity index (χ1) is 8.29. The largest absolute Gasteiger partial charge is 0.377 e. The first-order valence-corrected chi connectivity index (χ1v) is 5.91. The van der Waals surface area contributed by atoms with Gasteiger partial charge in [0.1, 0.15) is 11.9 Å². The van der Waals surface area contributed by atoms with E-state index in [1.54, 1.807) is 12.1 Å². The van der Waals surface area contributed by atoms with Crippen molar-refractivity contribution in [3.8, 4) is 6.07 Å². The average Bonchev–Trinajstić information content (AvgIpc) is 2.39. The van der Waals surface area contributed by atoms with E-state index in [-0.39, 0.29) is 5.56 Å². The number of hydrogen-bond acceptors (Lipinski definition) is 2. The summed E-state index contributed by atoms with van der Waals surface area (Å²) in [6.07, 6.45) is 7.74. The Labute approximate surface area is 101 Å². The summed E-state index contributed by atoms with van der Waals surface area (Å²) in [7, 11) is 0. The quantitative estimate of drug-likeness (QED) is 0.780. The van der Waals surface area contributed by atoms with Crippen molar-refractivity contribution in [2.24, 2.45) is 0 Å². The molecule has 1 aromatic carbocycles. The Hall–Kier alpha value is -1.82. The average molecular weight is 230 g/mol. The van der Waals surface area contributed by atoms with E-state index in [0.717, 1.165) is 18.7 Å². The molecule has 0 amide bonds. The second-order valence-electron chi connectivity index (χ2n) is 4.26. The van der Waals surface area contributed by atoms with Crippen LogP contribution in [0.15, 0.2) is 24.4 Å². The predicted octanol–water partition coefficient (Wildman–Crippen LogP) is 3.15. The summed E-state index contributed by atoms with van der Waals surface area (Å²) < 4.78 is 13.1. The molecule has 1 heterocycles. The summed E-state index contributed by atoms with van der Waals surface area (Å²) >= 11 is 0. The maximum atomic E-state index is 13.1. The Morgan fingerprint density at radius 1 is 1.24 bits per heavy atom. The van der Waals surface area contributed by atoms with Crippen molar-refractivity contribution in [1.29, 1.82) is 5.26 Å². The van der Waals surface area contributed by atoms with Crippen LogP contribution in [-0.2, 0) is 0 Å². The van der Waals surface area contributed by atoms with Gasteiger partial charge in [0, 0.05) is 13.1 Å². The number of nitrogens with zero attached hydrogens (tertiary/aromatic N) is 2. The summed E-state index contributed by atoms with van der Waals surface area (Å²) in [6.45, 7) is 2.17. The summed E-state index contributed by atoms with van der Waals surface area (Å²) in [6, 6.07) is 6.46. The first-order valence-electron chi connectivity index (χ1n) is 5.91. The molecule has 0 aromatic heterocycles. The third-order valence-electron chi connectivity index (χ3n) is 2.98. The molecule has 3 heteroatoms. The van der Waals surface area contributed by atoms with Gasteiger partial charge < -0.3 is 4.90 Å². The third kappa shape index (κ3) is 3.07. The Morgan fingerprint density at radius 3 is 2.71 bits per heavy atom. The minimum absolute atomic E-state index is 0.103. The zero-order valence-corrected chi connectivity index (χ0v) is 9.69. The highest BCUT2D eigenvalue weighted by Gasteiger charge is 2.05. The first kappa shape index (κ1) is 11.7. The maximum Gasteiger partial charge on any atom is 0.140 e. The van der Waals surface area contributed by atoms with Gasteiger partial charge >= 0.3 is 0 Å². The molecule has 0 N–H and O–H groups in total. The van der Waals surface area contributed by atoms with Gasteiger partial charge in [0.15, 0.2) is 0 Å². The Bertz CT molecular complexity index is 454. The molecule has 1 aliphatic heterocycles. The lowest BCUT2D eigenvalue weighted by Gasteiger charge is -2.24. The molecule has 0 unspecified atom stereocenters. The zero-order valence-electron chi connectivity index (χ0n) is 9.69. The number of rotatable bonds is 2. The molecule has 1 saturated heterocycles. The minimum Gasteiger partial charge on any atom is -0.377 e. The number of likely N-dealkylation sites (tertiary alicyclic amines) is 1. The van der Waals surface area contributed by atoms with Crippen LogP contribution in [-0.4, -0.2) is 18.0 Å². The highest BCUT2D eigenvalue weighted by Crippen LogP contribution is 2.13. The van der Waals surface area contributed by atoms with Crippen molar-refractivity contribution in [1.82, 2.24) is 4.90 Å². The molecule has 0 aliphatic carbocycles. The molecule has 2 rings (SSSR count). The van der Waals surface area contributed by atoms with Crippen molar-refractivity contribution in [3.05, 3.63) is 41.3 Å². The van der Waals surface area contributed by atoms with Crippen molar-refractivity contribution in [2.75, 3.05) is 13.1 Å². The van der Waals surface area contributed by atoms with E-state index in [1.807, 2.05) is 18.3 Å². The van der Waals surface area contributed by atoms with Crippen LogP contribution < -0.4 is 0 Å². The molecule has 0 spiro atoms. The lowest BCUT2D eigenvalue weighted by Crippen LogP contribution is -2.23. The van der Waals surface area contributed by atoms with Gasteiger partial charge in [0.2, 0.25) is 0 Å². The maximum absolute atomic E-state index is 13.1. The van der Waals surface area contributed by atoms with Crippen LogP contribution in [0, 0.1) is 17.1 Å². The van der Waals surface area contributed by atoms with Gasteiger partial charge in [-0.25, -0.2) is 4.39 Å². The Balaban J connectivity index is 2.07. The fourth-order valence-electron chi connectivity index (χ4n) is 1.99. The smallest absolute Gasteiger partial charge is 0.140 e. The van der Waals surface area contributed by atoms with Crippen molar-refractivity contribution < 1.29 is 4.39 Å². The fraction of sp³-hybridized carbons (Fsp3) is 0.357. The van der Waals surface area contributed by atoms with Gasteiger partial charge in [0.25, 0.3) is 0 Å². The third-order valence-corrected chi connectivity index (χ3v) is 2.98. The van der Waals surface area contributed by atoms with E-state index in [2.05, 4.69) is 4.90 Å². The molecule has 1 fully saturated rings. The molecule has 17 heavy (non-hydrogen) atoms. The monoisotopic (exact) mass is 230 g/mol. The SMILES string of the molecule is N#Cc1cc(/C=C/N2CCCCC2)ccc1F. The molecule has 0 bridgehead atoms. The van der Waals surface area contributed by atoms with Crippen LogP contribution in [0.5, 0.6) is 0 Å². The molecule has 0 atom stereocenters. The van der Waals surface area contributed by atoms with Gasteiger partial charge in [-0.3, -0.25) is 0 Å². The zero-order chi connectivity index (χ0) is 12.1. The van der Waals surface area contributed by atoms with Crippen LogP contribution in [0.25, 0.3) is 6.08 Å². The Morgan fingerprint density at radius 2 is 2.00 bits per heavy atom. The van der Waals surface area contributed by atoms with E-state index in [0.29, 0.717) is 0 Å². The number of hydrogen-bond donors (Lipinski definition) is 0. The van der Waals surface area contributed by atoms with Crippen LogP contribution >= 0.6 is 0 Å². The van der Waals surface area contributed by atoms with Gasteiger partial charge in [-0.15, -0.1) is 0 Å². The van der Waals surface area contributed by atoms with E-state index < -0.39 is 5.82 Å². The lowest BCUT2D eigenvalue weighted by atomic mass is 10.1. The van der Waals surface area contributed by atoms with Crippen LogP contribution in [0.4, 0.5) is 4.39 Å². The normalized spacial score (nSPS) is 16.1. The van der Waals surface area contributed by atoms with Crippen molar-refractivity contribution in [2.45, 2.75) is 19.3 Å². The molecule has 0 saturated carbocycles. The van der Waals surface area contributed by atoms with E-state index in [9.17, 15) is 4.39 Å². The van der Waals surface area contributed by atoms with Gasteiger partial charge in [-0.05, 0) is 49.2 Å². The molecule has 1 aromatic rings. The standard InChI is InChI=1S/C14H15FN2/c15-14-5-4-12(10-13(14)11-16)6-9-17-7-2-1-3-8-17/h4-6,9-10H,1-3,7-8H2/b9-6+. The van der Waals surface area contributed by atoms with Crippen LogP contribution in [0.1, 0.15) is 30.4 Å². The molecular formula is C14H15FN2. The molecule has 88 valence electrons. The van der Waals surface area contributed by atoms with Crippen LogP contribution in [0.3, 0.4) is 0 Å². The van der Waals surface area contributed by atoms with Crippen LogP contribution in [0.2, 0.25) is 0 Å². The van der Waals surface area contributed by atoms with Gasteiger partial charge in [-0.1, -0.05) is 6.07 Å². The molecule has 1 aliphatic rings.